The topological polar surface area (TPSA) is 67.3 Å². The molecular formula is C13H19ClN4O2. The van der Waals surface area contributed by atoms with Gasteiger partial charge < -0.3 is 15.0 Å². The van der Waals surface area contributed by atoms with Crippen molar-refractivity contribution in [2.24, 2.45) is 0 Å². The number of hydrogen-bond acceptors (Lipinski definition) is 6. The molecule has 2 unspecified atom stereocenters. The molecule has 3 heterocycles. The number of carbonyl (C=O) groups is 1. The lowest BCUT2D eigenvalue weighted by atomic mass is 10.2. The summed E-state index contributed by atoms with van der Waals surface area (Å²) in [6.07, 6.45) is 5.71. The molecule has 0 aromatic carbocycles. The summed E-state index contributed by atoms with van der Waals surface area (Å²) in [5, 5.41) is 3.43. The SMILES string of the molecule is CCOC(=O)c1cnc(N2CC3CC2CN3)nc1.CCl. The van der Waals surface area contributed by atoms with Gasteiger partial charge in [0.05, 0.1) is 12.2 Å². The molecule has 0 amide bonds. The molecule has 20 heavy (non-hydrogen) atoms. The third kappa shape index (κ3) is 3.02. The fraction of sp³-hybridized carbons (Fsp3) is 0.615. The lowest BCUT2D eigenvalue weighted by Crippen LogP contribution is -2.44. The van der Waals surface area contributed by atoms with Crippen molar-refractivity contribution in [1.82, 2.24) is 15.3 Å². The Morgan fingerprint density at radius 3 is 2.70 bits per heavy atom. The Morgan fingerprint density at radius 1 is 1.50 bits per heavy atom. The van der Waals surface area contributed by atoms with Crippen LogP contribution in [0.1, 0.15) is 23.7 Å². The number of fused-ring (bicyclic) bond motifs is 2. The van der Waals surface area contributed by atoms with Crippen molar-refractivity contribution >= 4 is 23.5 Å². The largest absolute Gasteiger partial charge is 0.462 e. The van der Waals surface area contributed by atoms with Crippen molar-refractivity contribution < 1.29 is 9.53 Å². The third-order valence-corrected chi connectivity index (χ3v) is 3.46. The highest BCUT2D eigenvalue weighted by Gasteiger charge is 2.38. The Labute approximate surface area is 123 Å². The molecule has 2 aliphatic rings. The van der Waals surface area contributed by atoms with Crippen LogP contribution in [0.4, 0.5) is 5.95 Å². The van der Waals surface area contributed by atoms with Crippen LogP contribution in [0.15, 0.2) is 12.4 Å². The van der Waals surface area contributed by atoms with E-state index in [-0.39, 0.29) is 5.97 Å². The van der Waals surface area contributed by atoms with Gasteiger partial charge in [-0.3, -0.25) is 0 Å². The van der Waals surface area contributed by atoms with Crippen LogP contribution in [-0.2, 0) is 4.74 Å². The van der Waals surface area contributed by atoms with E-state index >= 15 is 0 Å². The summed E-state index contributed by atoms with van der Waals surface area (Å²) in [7, 11) is 0. The molecule has 0 spiro atoms. The van der Waals surface area contributed by atoms with Crippen LogP contribution < -0.4 is 10.2 Å². The fourth-order valence-electron chi connectivity index (χ4n) is 2.60. The maximum atomic E-state index is 11.5. The molecule has 2 atom stereocenters. The first-order valence-corrected chi connectivity index (χ1v) is 7.40. The van der Waals surface area contributed by atoms with Crippen molar-refractivity contribution in [1.29, 1.82) is 0 Å². The highest BCUT2D eigenvalue weighted by molar-refractivity contribution is 6.15. The van der Waals surface area contributed by atoms with Crippen molar-refractivity contribution in [3.63, 3.8) is 0 Å². The van der Waals surface area contributed by atoms with E-state index in [1.807, 2.05) is 0 Å². The summed E-state index contributed by atoms with van der Waals surface area (Å²) < 4.78 is 4.90. The van der Waals surface area contributed by atoms with Crippen LogP contribution in [0.2, 0.25) is 0 Å². The second kappa shape index (κ2) is 6.85. The first kappa shape index (κ1) is 15.0. The number of esters is 1. The average molecular weight is 299 g/mol. The van der Waals surface area contributed by atoms with Crippen LogP contribution in [0, 0.1) is 0 Å². The first-order valence-electron chi connectivity index (χ1n) is 6.65. The van der Waals surface area contributed by atoms with Crippen LogP contribution in [0.5, 0.6) is 0 Å². The van der Waals surface area contributed by atoms with Crippen molar-refractivity contribution in [2.45, 2.75) is 25.4 Å². The normalized spacial score (nSPS) is 23.2. The lowest BCUT2D eigenvalue weighted by Gasteiger charge is -2.27. The van der Waals surface area contributed by atoms with E-state index in [4.69, 9.17) is 4.74 Å². The van der Waals surface area contributed by atoms with Crippen molar-refractivity contribution in [3.8, 4) is 0 Å². The zero-order chi connectivity index (χ0) is 14.5. The molecule has 2 aliphatic heterocycles. The van der Waals surface area contributed by atoms with Crippen LogP contribution in [0.3, 0.4) is 0 Å². The molecule has 1 N–H and O–H groups in total. The average Bonchev–Trinajstić information content (AvgIpc) is 3.12. The Morgan fingerprint density at radius 2 is 2.20 bits per heavy atom. The van der Waals surface area contributed by atoms with Gasteiger partial charge in [0.1, 0.15) is 0 Å². The molecule has 1 aromatic rings. The molecule has 0 radical (unpaired) electrons. The van der Waals surface area contributed by atoms with Gasteiger partial charge in [-0.15, -0.1) is 11.6 Å². The van der Waals surface area contributed by atoms with E-state index in [1.54, 1.807) is 19.3 Å². The highest BCUT2D eigenvalue weighted by atomic mass is 35.5. The minimum absolute atomic E-state index is 0.363. The van der Waals surface area contributed by atoms with E-state index in [9.17, 15) is 4.79 Å². The van der Waals surface area contributed by atoms with Crippen molar-refractivity contribution in [2.75, 3.05) is 31.0 Å². The van der Waals surface area contributed by atoms with E-state index in [1.165, 1.54) is 6.38 Å². The third-order valence-electron chi connectivity index (χ3n) is 3.46. The molecule has 6 nitrogen and oxygen atoms in total. The number of nitrogens with zero attached hydrogens (tertiary/aromatic N) is 3. The maximum Gasteiger partial charge on any atom is 0.341 e. The van der Waals surface area contributed by atoms with Gasteiger partial charge in [-0.2, -0.15) is 0 Å². The molecular weight excluding hydrogens is 280 g/mol. The molecule has 2 saturated heterocycles. The quantitative estimate of drug-likeness (QED) is 0.665. The first-order chi connectivity index (χ1) is 9.78. The van der Waals surface area contributed by atoms with Gasteiger partial charge in [0.2, 0.25) is 5.95 Å². The number of carbonyl (C=O) groups excluding carboxylic acids is 1. The number of rotatable bonds is 3. The Kier molecular flexibility index (Phi) is 5.14. The molecule has 0 aliphatic carbocycles. The predicted molar refractivity (Wildman–Crippen MR) is 77.3 cm³/mol. The Hall–Kier alpha value is -1.40. The number of anilines is 1. The zero-order valence-corrected chi connectivity index (χ0v) is 12.4. The Bertz CT molecular complexity index is 454. The number of nitrogens with one attached hydrogen (secondary N) is 1. The number of hydrogen-bond donors (Lipinski definition) is 1. The summed E-state index contributed by atoms with van der Waals surface area (Å²) >= 11 is 4.64. The van der Waals surface area contributed by atoms with Gasteiger partial charge in [-0.05, 0) is 13.3 Å². The maximum absolute atomic E-state index is 11.5. The molecule has 7 heteroatoms. The minimum Gasteiger partial charge on any atom is -0.462 e. The molecule has 0 saturated carbocycles. The summed E-state index contributed by atoms with van der Waals surface area (Å²) in [5.74, 6) is 0.339. The number of halogens is 1. The summed E-state index contributed by atoms with van der Waals surface area (Å²) in [4.78, 5) is 22.2. The van der Waals surface area contributed by atoms with Gasteiger partial charge in [-0.25, -0.2) is 14.8 Å². The number of alkyl halides is 1. The van der Waals surface area contributed by atoms with Gasteiger partial charge in [-0.1, -0.05) is 0 Å². The standard InChI is InChI=1S/C12H16N4O2.CH3Cl/c1-2-18-11(17)8-4-14-12(15-5-8)16-7-9-3-10(16)6-13-9;1-2/h4-5,9-10,13H,2-3,6-7H2,1H3;1H3. The van der Waals surface area contributed by atoms with Crippen LogP contribution >= 0.6 is 11.6 Å². The van der Waals surface area contributed by atoms with Gasteiger partial charge in [0.25, 0.3) is 0 Å². The smallest absolute Gasteiger partial charge is 0.341 e. The molecule has 110 valence electrons. The van der Waals surface area contributed by atoms with E-state index < -0.39 is 0 Å². The molecule has 3 rings (SSSR count). The number of ether oxygens (including phenoxy) is 1. The Balaban J connectivity index is 0.000000704. The van der Waals surface area contributed by atoms with Crippen LogP contribution in [0.25, 0.3) is 0 Å². The van der Waals surface area contributed by atoms with Crippen LogP contribution in [-0.4, -0.2) is 54.1 Å². The second-order valence-corrected chi connectivity index (χ2v) is 4.64. The summed E-state index contributed by atoms with van der Waals surface area (Å²) in [5.41, 5.74) is 0.406. The molecule has 2 fully saturated rings. The van der Waals surface area contributed by atoms with Gasteiger partial charge in [0.15, 0.2) is 0 Å². The number of piperazine rings is 1. The predicted octanol–water partition coefficient (Wildman–Crippen LogP) is 1.06. The molecule has 2 bridgehead atoms. The number of aromatic nitrogens is 2. The lowest BCUT2D eigenvalue weighted by molar-refractivity contribution is 0.0525. The van der Waals surface area contributed by atoms with E-state index in [2.05, 4.69) is 31.8 Å². The van der Waals surface area contributed by atoms with Gasteiger partial charge in [0, 0.05) is 43.9 Å². The minimum atomic E-state index is -0.367. The van der Waals surface area contributed by atoms with Crippen molar-refractivity contribution in [3.05, 3.63) is 18.0 Å². The monoisotopic (exact) mass is 298 g/mol. The fourth-order valence-corrected chi connectivity index (χ4v) is 2.60. The van der Waals surface area contributed by atoms with Gasteiger partial charge >= 0.3 is 5.97 Å². The summed E-state index contributed by atoms with van der Waals surface area (Å²) in [6.45, 7) is 4.08. The van der Waals surface area contributed by atoms with E-state index in [0.717, 1.165) is 19.5 Å². The van der Waals surface area contributed by atoms with E-state index in [0.29, 0.717) is 30.2 Å². The highest BCUT2D eigenvalue weighted by Crippen LogP contribution is 2.26. The second-order valence-electron chi connectivity index (χ2n) is 4.64. The zero-order valence-electron chi connectivity index (χ0n) is 11.7. The summed E-state index contributed by atoms with van der Waals surface area (Å²) in [6, 6.07) is 1.05. The molecule has 1 aromatic heterocycles.